The van der Waals surface area contributed by atoms with Gasteiger partial charge in [-0.25, -0.2) is 14.4 Å². The van der Waals surface area contributed by atoms with Crippen molar-refractivity contribution < 1.29 is 64.7 Å². The third kappa shape index (κ3) is 74.5. The van der Waals surface area contributed by atoms with Gasteiger partial charge in [-0.3, -0.25) is 0 Å². The van der Waals surface area contributed by atoms with E-state index < -0.39 is 18.1 Å². The first-order chi connectivity index (χ1) is 14.5. The van der Waals surface area contributed by atoms with Gasteiger partial charge in [-0.2, -0.15) is 0 Å². The van der Waals surface area contributed by atoms with Crippen molar-refractivity contribution in [3.8, 4) is 0 Å². The van der Waals surface area contributed by atoms with E-state index in [0.29, 0.717) is 38.4 Å². The van der Waals surface area contributed by atoms with Crippen LogP contribution in [-0.4, -0.2) is 112 Å². The van der Waals surface area contributed by atoms with Gasteiger partial charge in [0.1, 0.15) is 0 Å². The first-order valence-electron chi connectivity index (χ1n) is 8.80. The van der Waals surface area contributed by atoms with Gasteiger partial charge in [0, 0.05) is 11.6 Å². The van der Waals surface area contributed by atoms with E-state index >= 15 is 0 Å². The van der Waals surface area contributed by atoms with E-state index in [0.717, 1.165) is 6.08 Å². The summed E-state index contributed by atoms with van der Waals surface area (Å²) < 4.78 is 9.26. The molecular weight excluding hydrogens is 424 g/mol. The van der Waals surface area contributed by atoms with E-state index in [4.69, 9.17) is 45.6 Å². The Balaban J connectivity index is -0.0000000927. The molecule has 186 valence electrons. The van der Waals surface area contributed by atoms with Crippen molar-refractivity contribution in [2.24, 2.45) is 0 Å². The number of ether oxygens (including phenoxy) is 2. The summed E-state index contributed by atoms with van der Waals surface area (Å²) in [5, 5.41) is 62.2. The van der Waals surface area contributed by atoms with Gasteiger partial charge in [-0.15, -0.1) is 0 Å². The van der Waals surface area contributed by atoms with Crippen molar-refractivity contribution >= 4 is 18.1 Å². The minimum atomic E-state index is -1.83. The standard InChI is InChI=1S/C6H10O2.2C4H10O3.C3H4O2.CH2O3/c1-3-5(4-2)6(7)8;2*5-1-3-7-4-2-6;1-2-3(4)5;2-1(3)4/h3H,4H2,1-2H3,(H,7,8);2*5-6H,1-4H2;2H,1H2,(H,4,5);(H2,2,3,4). The molecule has 0 aromatic heterocycles. The Morgan fingerprint density at radius 1 is 0.774 bits per heavy atom. The Kier molecular flexibility index (Phi) is 47.9. The third-order valence-corrected chi connectivity index (χ3v) is 2.12. The third-order valence-electron chi connectivity index (χ3n) is 2.12. The lowest BCUT2D eigenvalue weighted by Gasteiger charge is -1.94. The van der Waals surface area contributed by atoms with Gasteiger partial charge in [0.15, 0.2) is 0 Å². The van der Waals surface area contributed by atoms with E-state index in [1.807, 2.05) is 6.92 Å². The first-order valence-corrected chi connectivity index (χ1v) is 8.80. The molecule has 0 unspecified atom stereocenters. The molecule has 8 N–H and O–H groups in total. The van der Waals surface area contributed by atoms with Crippen LogP contribution in [0, 0.1) is 0 Å². The normalized spacial score (nSPS) is 9.03. The van der Waals surface area contributed by atoms with Crippen LogP contribution in [0.4, 0.5) is 4.79 Å². The molecule has 0 aromatic rings. The fraction of sp³-hybridized carbons (Fsp3) is 0.611. The molecule has 31 heavy (non-hydrogen) atoms. The molecule has 0 heterocycles. The summed E-state index contributed by atoms with van der Waals surface area (Å²) in [6, 6.07) is 0. The molecular formula is C18H36O13. The number of hydrogen-bond donors (Lipinski definition) is 8. The van der Waals surface area contributed by atoms with Gasteiger partial charge in [-0.1, -0.05) is 19.6 Å². The van der Waals surface area contributed by atoms with Crippen molar-refractivity contribution in [1.29, 1.82) is 0 Å². The lowest BCUT2D eigenvalue weighted by molar-refractivity contribution is -0.133. The Hall–Kier alpha value is -2.55. The predicted molar refractivity (Wildman–Crippen MR) is 110 cm³/mol. The van der Waals surface area contributed by atoms with Gasteiger partial charge in [0.05, 0.1) is 52.9 Å². The highest BCUT2D eigenvalue weighted by Gasteiger charge is 1.99. The van der Waals surface area contributed by atoms with Crippen LogP contribution in [0.2, 0.25) is 0 Å². The smallest absolute Gasteiger partial charge is 0.478 e. The molecule has 0 aliphatic heterocycles. The van der Waals surface area contributed by atoms with E-state index in [-0.39, 0.29) is 26.4 Å². The highest BCUT2D eigenvalue weighted by molar-refractivity contribution is 5.86. The van der Waals surface area contributed by atoms with Crippen LogP contribution < -0.4 is 0 Å². The van der Waals surface area contributed by atoms with Crippen molar-refractivity contribution in [2.75, 3.05) is 52.9 Å². The number of hydrogen-bond acceptors (Lipinski definition) is 9. The minimum Gasteiger partial charge on any atom is -0.478 e. The van der Waals surface area contributed by atoms with Crippen LogP contribution >= 0.6 is 0 Å². The maximum absolute atomic E-state index is 10.1. The summed E-state index contributed by atoms with van der Waals surface area (Å²) in [6.45, 7) is 7.90. The van der Waals surface area contributed by atoms with Crippen LogP contribution in [-0.2, 0) is 19.1 Å². The molecule has 13 nitrogen and oxygen atoms in total. The molecule has 0 aliphatic carbocycles. The number of aliphatic carboxylic acids is 2. The number of allylic oxidation sites excluding steroid dienone is 1. The summed E-state index contributed by atoms with van der Waals surface area (Å²) in [4.78, 5) is 27.9. The molecule has 0 aromatic carbocycles. The molecule has 0 saturated heterocycles. The molecule has 13 heteroatoms. The maximum atomic E-state index is 10.1. The number of aliphatic hydroxyl groups is 4. The zero-order valence-electron chi connectivity index (χ0n) is 17.8. The quantitative estimate of drug-likeness (QED) is 0.149. The van der Waals surface area contributed by atoms with Crippen molar-refractivity contribution in [3.05, 3.63) is 24.3 Å². The van der Waals surface area contributed by atoms with E-state index in [2.05, 4.69) is 16.1 Å². The molecule has 0 saturated carbocycles. The highest BCUT2D eigenvalue weighted by atomic mass is 16.6. The van der Waals surface area contributed by atoms with Crippen LogP contribution in [0.25, 0.3) is 0 Å². The summed E-state index contributed by atoms with van der Waals surface area (Å²) in [7, 11) is 0. The Morgan fingerprint density at radius 2 is 1.03 bits per heavy atom. The fourth-order valence-corrected chi connectivity index (χ4v) is 0.941. The highest BCUT2D eigenvalue weighted by Crippen LogP contribution is 1.97. The number of aliphatic hydroxyl groups excluding tert-OH is 4. The van der Waals surface area contributed by atoms with Gasteiger partial charge in [0.2, 0.25) is 0 Å². The Morgan fingerprint density at radius 3 is 1.10 bits per heavy atom. The number of carboxylic acids is 2. The second kappa shape index (κ2) is 38.1. The fourth-order valence-electron chi connectivity index (χ4n) is 0.941. The summed E-state index contributed by atoms with van der Waals surface area (Å²) in [5.74, 6) is -1.79. The minimum absolute atomic E-state index is 0.0278. The van der Waals surface area contributed by atoms with Crippen molar-refractivity contribution in [1.82, 2.24) is 0 Å². The number of carboxylic acid groups (broad SMARTS) is 4. The summed E-state index contributed by atoms with van der Waals surface area (Å²) >= 11 is 0. The van der Waals surface area contributed by atoms with Crippen LogP contribution in [0.1, 0.15) is 20.3 Å². The molecule has 0 rings (SSSR count). The average molecular weight is 460 g/mol. The zero-order valence-corrected chi connectivity index (χ0v) is 17.8. The average Bonchev–Trinajstić information content (AvgIpc) is 2.70. The monoisotopic (exact) mass is 460 g/mol. The van der Waals surface area contributed by atoms with Crippen molar-refractivity contribution in [3.63, 3.8) is 0 Å². The van der Waals surface area contributed by atoms with Gasteiger partial charge in [0.25, 0.3) is 0 Å². The number of carbonyl (C=O) groups is 3. The molecule has 0 radical (unpaired) electrons. The number of rotatable bonds is 11. The van der Waals surface area contributed by atoms with E-state index in [9.17, 15) is 9.59 Å². The zero-order chi connectivity index (χ0) is 25.5. The van der Waals surface area contributed by atoms with Gasteiger partial charge < -0.3 is 50.3 Å². The first kappa shape index (κ1) is 39.0. The topological polar surface area (TPSA) is 232 Å². The largest absolute Gasteiger partial charge is 0.503 e. The van der Waals surface area contributed by atoms with Crippen LogP contribution in [0.3, 0.4) is 0 Å². The van der Waals surface area contributed by atoms with Gasteiger partial charge >= 0.3 is 18.1 Å². The SMILES string of the molecule is C=CC(=O)O.CC=C(CC)C(=O)O.O=C(O)O.OCCOCCO.OCCOCCO. The Labute approximate surface area is 181 Å². The van der Waals surface area contributed by atoms with E-state index in [1.54, 1.807) is 13.0 Å². The molecule has 0 aliphatic rings. The Bertz CT molecular complexity index is 414. The summed E-state index contributed by atoms with van der Waals surface area (Å²) in [5.41, 5.74) is 0.477. The molecule has 0 atom stereocenters. The second-order valence-corrected chi connectivity index (χ2v) is 4.42. The second-order valence-electron chi connectivity index (χ2n) is 4.42. The molecule has 0 amide bonds. The van der Waals surface area contributed by atoms with Crippen molar-refractivity contribution in [2.45, 2.75) is 20.3 Å². The lowest BCUT2D eigenvalue weighted by atomic mass is 10.2. The molecule has 0 bridgehead atoms. The van der Waals surface area contributed by atoms with E-state index in [1.165, 1.54) is 0 Å². The molecule has 0 spiro atoms. The predicted octanol–water partition coefficient (Wildman–Crippen LogP) is -0.118. The maximum Gasteiger partial charge on any atom is 0.503 e. The van der Waals surface area contributed by atoms with Gasteiger partial charge in [-0.05, 0) is 13.3 Å². The van der Waals surface area contributed by atoms with Crippen LogP contribution in [0.5, 0.6) is 0 Å². The summed E-state index contributed by atoms with van der Waals surface area (Å²) in [6.07, 6.45) is 1.22. The molecule has 0 fully saturated rings. The lowest BCUT2D eigenvalue weighted by Crippen LogP contribution is -2.03. The van der Waals surface area contributed by atoms with Crippen LogP contribution in [0.15, 0.2) is 24.3 Å².